The minimum Gasteiger partial charge on any atom is -0.478 e. The van der Waals surface area contributed by atoms with Gasteiger partial charge in [0.1, 0.15) is 11.5 Å². The van der Waals surface area contributed by atoms with Crippen molar-refractivity contribution in [3.05, 3.63) is 81.0 Å². The average Bonchev–Trinajstić information content (AvgIpc) is 3.11. The first-order valence-electron chi connectivity index (χ1n) is 7.91. The number of amides is 1. The quantitative estimate of drug-likeness (QED) is 0.463. The van der Waals surface area contributed by atoms with Crippen LogP contribution in [0.15, 0.2) is 59.0 Å². The third-order valence-electron chi connectivity index (χ3n) is 3.71. The summed E-state index contributed by atoms with van der Waals surface area (Å²) in [6.07, 6.45) is 2.71. The molecule has 0 saturated heterocycles. The molecule has 3 rings (SSSR count). The lowest BCUT2D eigenvalue weighted by Gasteiger charge is -2.07. The third-order valence-corrected chi connectivity index (χ3v) is 4.67. The molecule has 0 aliphatic heterocycles. The summed E-state index contributed by atoms with van der Waals surface area (Å²) in [6.45, 7) is 0. The molecular weight excluding hydrogens is 425 g/mol. The van der Waals surface area contributed by atoms with E-state index in [4.69, 9.17) is 44.3 Å². The lowest BCUT2D eigenvalue weighted by molar-refractivity contribution is -0.111. The fourth-order valence-corrected chi connectivity index (χ4v) is 3.13. The first kappa shape index (κ1) is 20.0. The number of hydrogen-bond acceptors (Lipinski definition) is 3. The van der Waals surface area contributed by atoms with Gasteiger partial charge in [0.15, 0.2) is 0 Å². The Labute approximate surface area is 175 Å². The Morgan fingerprint density at radius 2 is 1.71 bits per heavy atom. The molecule has 0 bridgehead atoms. The molecule has 0 spiro atoms. The van der Waals surface area contributed by atoms with Crippen molar-refractivity contribution in [3.63, 3.8) is 0 Å². The van der Waals surface area contributed by atoms with Gasteiger partial charge in [-0.3, -0.25) is 4.79 Å². The molecule has 8 heteroatoms. The fraction of sp³-hybridized carbons (Fsp3) is 0. The maximum Gasteiger partial charge on any atom is 0.337 e. The summed E-state index contributed by atoms with van der Waals surface area (Å²) in [5, 5.41) is 12.3. The van der Waals surface area contributed by atoms with E-state index in [0.29, 0.717) is 16.5 Å². The van der Waals surface area contributed by atoms with Gasteiger partial charge in [-0.2, -0.15) is 0 Å². The molecule has 28 heavy (non-hydrogen) atoms. The molecule has 0 aliphatic rings. The molecule has 2 N–H and O–H groups in total. The van der Waals surface area contributed by atoms with Crippen molar-refractivity contribution in [1.29, 1.82) is 0 Å². The number of furan rings is 1. The maximum atomic E-state index is 12.1. The predicted molar refractivity (Wildman–Crippen MR) is 110 cm³/mol. The molecule has 5 nitrogen and oxygen atoms in total. The van der Waals surface area contributed by atoms with Crippen LogP contribution < -0.4 is 5.32 Å². The topological polar surface area (TPSA) is 79.5 Å². The van der Waals surface area contributed by atoms with Gasteiger partial charge in [-0.25, -0.2) is 4.79 Å². The Morgan fingerprint density at radius 3 is 2.43 bits per heavy atom. The molecule has 1 aromatic heterocycles. The zero-order chi connectivity index (χ0) is 20.3. The summed E-state index contributed by atoms with van der Waals surface area (Å²) >= 11 is 18.0. The number of carboxylic acid groups (broad SMARTS) is 1. The summed E-state index contributed by atoms with van der Waals surface area (Å²) in [7, 11) is 0. The highest BCUT2D eigenvalue weighted by Gasteiger charge is 2.14. The lowest BCUT2D eigenvalue weighted by Crippen LogP contribution is -2.09. The Hall–Kier alpha value is -2.73. The Balaban J connectivity index is 1.74. The van der Waals surface area contributed by atoms with Gasteiger partial charge >= 0.3 is 5.97 Å². The van der Waals surface area contributed by atoms with Crippen molar-refractivity contribution >= 4 is 58.4 Å². The number of aromatic carboxylic acids is 1. The predicted octanol–water partition coefficient (Wildman–Crippen LogP) is 6.26. The van der Waals surface area contributed by atoms with Crippen molar-refractivity contribution in [2.24, 2.45) is 0 Å². The number of hydrogen-bond donors (Lipinski definition) is 2. The van der Waals surface area contributed by atoms with Crippen LogP contribution >= 0.6 is 34.8 Å². The van der Waals surface area contributed by atoms with Crippen molar-refractivity contribution in [2.75, 3.05) is 5.32 Å². The molecule has 0 aliphatic carbocycles. The van der Waals surface area contributed by atoms with E-state index in [-0.39, 0.29) is 21.3 Å². The highest BCUT2D eigenvalue weighted by atomic mass is 35.5. The van der Waals surface area contributed by atoms with Crippen LogP contribution in [0.3, 0.4) is 0 Å². The van der Waals surface area contributed by atoms with Crippen molar-refractivity contribution in [1.82, 2.24) is 0 Å². The zero-order valence-electron chi connectivity index (χ0n) is 14.1. The first-order valence-corrected chi connectivity index (χ1v) is 9.04. The Morgan fingerprint density at radius 1 is 0.964 bits per heavy atom. The summed E-state index contributed by atoms with van der Waals surface area (Å²) in [5.41, 5.74) is 0.706. The average molecular weight is 437 g/mol. The van der Waals surface area contributed by atoms with Gasteiger partial charge in [-0.15, -0.1) is 0 Å². The van der Waals surface area contributed by atoms with Crippen molar-refractivity contribution < 1.29 is 19.1 Å². The van der Waals surface area contributed by atoms with Crippen molar-refractivity contribution in [3.8, 4) is 11.3 Å². The summed E-state index contributed by atoms with van der Waals surface area (Å²) in [4.78, 5) is 23.3. The normalized spacial score (nSPS) is 11.0. The van der Waals surface area contributed by atoms with Gasteiger partial charge in [-0.05, 0) is 42.5 Å². The van der Waals surface area contributed by atoms with E-state index in [1.54, 1.807) is 18.2 Å². The zero-order valence-corrected chi connectivity index (χ0v) is 16.3. The van der Waals surface area contributed by atoms with E-state index >= 15 is 0 Å². The summed E-state index contributed by atoms with van der Waals surface area (Å²) < 4.78 is 5.67. The molecule has 1 amide bonds. The minimum absolute atomic E-state index is 0.0197. The molecule has 3 aromatic rings. The molecule has 1 heterocycles. The maximum absolute atomic E-state index is 12.1. The summed E-state index contributed by atoms with van der Waals surface area (Å²) in [6, 6.07) is 13.1. The first-order chi connectivity index (χ1) is 13.3. The molecule has 142 valence electrons. The number of carboxylic acids is 1. The van der Waals surface area contributed by atoms with Crippen LogP contribution in [-0.4, -0.2) is 17.0 Å². The van der Waals surface area contributed by atoms with E-state index in [0.717, 1.165) is 5.56 Å². The van der Waals surface area contributed by atoms with E-state index in [2.05, 4.69) is 5.32 Å². The largest absolute Gasteiger partial charge is 0.478 e. The number of carbonyl (C=O) groups is 2. The third kappa shape index (κ3) is 4.57. The van der Waals surface area contributed by atoms with Gasteiger partial charge in [0.2, 0.25) is 5.91 Å². The second kappa shape index (κ2) is 8.52. The highest BCUT2D eigenvalue weighted by molar-refractivity contribution is 6.38. The second-order valence-corrected chi connectivity index (χ2v) is 6.84. The van der Waals surface area contributed by atoms with Crippen LogP contribution in [0.4, 0.5) is 5.69 Å². The number of anilines is 1. The van der Waals surface area contributed by atoms with Gasteiger partial charge in [0.05, 0.1) is 26.3 Å². The second-order valence-electron chi connectivity index (χ2n) is 5.62. The molecule has 0 unspecified atom stereocenters. The van der Waals surface area contributed by atoms with E-state index < -0.39 is 11.9 Å². The van der Waals surface area contributed by atoms with Gasteiger partial charge < -0.3 is 14.8 Å². The number of nitrogens with one attached hydrogen (secondary N) is 1. The number of carbonyl (C=O) groups excluding carboxylic acids is 1. The molecular formula is C20H12Cl3NO4. The van der Waals surface area contributed by atoms with E-state index in [1.165, 1.54) is 24.3 Å². The molecule has 0 atom stereocenters. The van der Waals surface area contributed by atoms with Crippen LogP contribution in [0.1, 0.15) is 16.1 Å². The standard InChI is InChI=1S/C20H12Cl3NO4/c21-14-4-2-1-3-12(14)18-7-5-11(28-18)6-8-19(25)24-17-9-13(20(26)27)15(22)10-16(17)23/h1-10H,(H,24,25)(H,26,27)/b8-6+. The number of rotatable bonds is 5. The number of halogens is 3. The molecule has 0 fully saturated rings. The molecule has 2 aromatic carbocycles. The van der Waals surface area contributed by atoms with Gasteiger partial charge in [0, 0.05) is 11.6 Å². The van der Waals surface area contributed by atoms with Crippen LogP contribution in [-0.2, 0) is 4.79 Å². The van der Waals surface area contributed by atoms with Crippen molar-refractivity contribution in [2.45, 2.75) is 0 Å². The van der Waals surface area contributed by atoms with E-state index in [1.807, 2.05) is 18.2 Å². The highest BCUT2D eigenvalue weighted by Crippen LogP contribution is 2.30. The Bertz CT molecular complexity index is 1090. The molecule has 0 saturated carbocycles. The van der Waals surface area contributed by atoms with E-state index in [9.17, 15) is 9.59 Å². The van der Waals surface area contributed by atoms with Crippen LogP contribution in [0, 0.1) is 0 Å². The number of benzene rings is 2. The molecule has 0 radical (unpaired) electrons. The van der Waals surface area contributed by atoms with Crippen LogP contribution in [0.2, 0.25) is 15.1 Å². The van der Waals surface area contributed by atoms with Gasteiger partial charge in [0.25, 0.3) is 0 Å². The minimum atomic E-state index is -1.23. The summed E-state index contributed by atoms with van der Waals surface area (Å²) in [5.74, 6) is -0.734. The lowest BCUT2D eigenvalue weighted by atomic mass is 10.2. The fourth-order valence-electron chi connectivity index (χ4n) is 2.39. The van der Waals surface area contributed by atoms with Crippen LogP contribution in [0.5, 0.6) is 0 Å². The van der Waals surface area contributed by atoms with Crippen LogP contribution in [0.25, 0.3) is 17.4 Å². The van der Waals surface area contributed by atoms with Gasteiger partial charge in [-0.1, -0.05) is 46.9 Å². The smallest absolute Gasteiger partial charge is 0.337 e. The Kier molecular flexibility index (Phi) is 6.09. The monoisotopic (exact) mass is 435 g/mol. The SMILES string of the molecule is O=C(/C=C/c1ccc(-c2ccccc2Cl)o1)Nc1cc(C(=O)O)c(Cl)cc1Cl.